The van der Waals surface area contributed by atoms with Crippen LogP contribution in [0.4, 0.5) is 15.9 Å². The van der Waals surface area contributed by atoms with Crippen molar-refractivity contribution in [1.29, 1.82) is 0 Å². The fourth-order valence-electron chi connectivity index (χ4n) is 3.34. The van der Waals surface area contributed by atoms with Gasteiger partial charge in [-0.05, 0) is 43.3 Å². The third-order valence-corrected chi connectivity index (χ3v) is 4.88. The van der Waals surface area contributed by atoms with Crippen molar-refractivity contribution in [2.45, 2.75) is 19.4 Å². The maximum atomic E-state index is 13.9. The van der Waals surface area contributed by atoms with E-state index in [4.69, 9.17) is 4.74 Å². The van der Waals surface area contributed by atoms with Gasteiger partial charge in [0.25, 0.3) is 0 Å². The Morgan fingerprint density at radius 2 is 1.97 bits per heavy atom. The van der Waals surface area contributed by atoms with Gasteiger partial charge in [-0.2, -0.15) is 5.10 Å². The molecule has 0 saturated heterocycles. The van der Waals surface area contributed by atoms with E-state index in [0.717, 1.165) is 11.1 Å². The first-order chi connectivity index (χ1) is 14.0. The molecular weight excluding hydrogens is 375 g/mol. The van der Waals surface area contributed by atoms with Gasteiger partial charge in [-0.15, -0.1) is 0 Å². The van der Waals surface area contributed by atoms with Gasteiger partial charge in [-0.25, -0.2) is 9.07 Å². The SMILES string of the molecule is COc1ccc(-c2nn3c(c2C)NC(=O)C[C@@H]3C(=O)Nc2ccccc2F)cc1. The Hall–Kier alpha value is -3.68. The van der Waals surface area contributed by atoms with Crippen molar-refractivity contribution in [3.05, 3.63) is 59.9 Å². The molecule has 0 saturated carbocycles. The first-order valence-corrected chi connectivity index (χ1v) is 9.06. The number of aromatic nitrogens is 2. The normalized spacial score (nSPS) is 15.4. The van der Waals surface area contributed by atoms with Crippen LogP contribution in [-0.2, 0) is 9.59 Å². The van der Waals surface area contributed by atoms with Gasteiger partial charge in [-0.3, -0.25) is 9.59 Å². The molecule has 1 aromatic heterocycles. The minimum Gasteiger partial charge on any atom is -0.497 e. The van der Waals surface area contributed by atoms with Crippen LogP contribution >= 0.6 is 0 Å². The predicted octanol–water partition coefficient (Wildman–Crippen LogP) is 3.53. The van der Waals surface area contributed by atoms with Crippen LogP contribution in [0.15, 0.2) is 48.5 Å². The number of para-hydroxylation sites is 1. The van der Waals surface area contributed by atoms with Gasteiger partial charge in [0.05, 0.1) is 24.9 Å². The van der Waals surface area contributed by atoms with E-state index in [0.29, 0.717) is 17.3 Å². The average Bonchev–Trinajstić information content (AvgIpc) is 3.05. The number of benzene rings is 2. The van der Waals surface area contributed by atoms with Gasteiger partial charge < -0.3 is 15.4 Å². The molecule has 2 aromatic carbocycles. The van der Waals surface area contributed by atoms with Crippen LogP contribution in [0, 0.1) is 12.7 Å². The van der Waals surface area contributed by atoms with E-state index >= 15 is 0 Å². The summed E-state index contributed by atoms with van der Waals surface area (Å²) >= 11 is 0. The average molecular weight is 394 g/mol. The lowest BCUT2D eigenvalue weighted by atomic mass is 10.1. The number of ether oxygens (including phenoxy) is 1. The van der Waals surface area contributed by atoms with E-state index in [1.54, 1.807) is 13.2 Å². The summed E-state index contributed by atoms with van der Waals surface area (Å²) in [7, 11) is 1.59. The smallest absolute Gasteiger partial charge is 0.249 e. The fourth-order valence-corrected chi connectivity index (χ4v) is 3.34. The Kier molecular flexibility index (Phi) is 4.75. The molecule has 4 rings (SSSR count). The minimum absolute atomic E-state index is 0.0595. The summed E-state index contributed by atoms with van der Waals surface area (Å²) in [5.41, 5.74) is 2.28. The van der Waals surface area contributed by atoms with E-state index in [1.807, 2.05) is 31.2 Å². The molecule has 0 aliphatic carbocycles. The molecule has 8 heteroatoms. The minimum atomic E-state index is -0.885. The van der Waals surface area contributed by atoms with Crippen LogP contribution in [0.25, 0.3) is 11.3 Å². The summed E-state index contributed by atoms with van der Waals surface area (Å²) in [5.74, 6) is -0.172. The molecule has 0 radical (unpaired) electrons. The lowest BCUT2D eigenvalue weighted by molar-refractivity contribution is -0.125. The van der Waals surface area contributed by atoms with Crippen molar-refractivity contribution < 1.29 is 18.7 Å². The van der Waals surface area contributed by atoms with Crippen molar-refractivity contribution in [1.82, 2.24) is 9.78 Å². The molecular formula is C21H19FN4O3. The zero-order chi connectivity index (χ0) is 20.5. The van der Waals surface area contributed by atoms with Gasteiger partial charge in [0, 0.05) is 11.1 Å². The molecule has 1 atom stereocenters. The summed E-state index contributed by atoms with van der Waals surface area (Å²) in [6, 6.07) is 12.3. The third kappa shape index (κ3) is 3.44. The van der Waals surface area contributed by atoms with Crippen molar-refractivity contribution in [2.24, 2.45) is 0 Å². The number of nitrogens with one attached hydrogen (secondary N) is 2. The highest BCUT2D eigenvalue weighted by Crippen LogP contribution is 2.35. The number of hydrogen-bond acceptors (Lipinski definition) is 4. The van der Waals surface area contributed by atoms with Crippen LogP contribution in [0.5, 0.6) is 5.75 Å². The number of carbonyl (C=O) groups is 2. The molecule has 1 aliphatic heterocycles. The second kappa shape index (κ2) is 7.38. The zero-order valence-electron chi connectivity index (χ0n) is 15.9. The van der Waals surface area contributed by atoms with Gasteiger partial charge in [0.15, 0.2) is 0 Å². The highest BCUT2D eigenvalue weighted by Gasteiger charge is 2.34. The maximum absolute atomic E-state index is 13.9. The maximum Gasteiger partial charge on any atom is 0.249 e. The van der Waals surface area contributed by atoms with Crippen LogP contribution in [0.2, 0.25) is 0 Å². The fraction of sp³-hybridized carbons (Fsp3) is 0.190. The highest BCUT2D eigenvalue weighted by atomic mass is 19.1. The van der Waals surface area contributed by atoms with Crippen LogP contribution in [0.3, 0.4) is 0 Å². The lowest BCUT2D eigenvalue weighted by Gasteiger charge is -2.24. The topological polar surface area (TPSA) is 85.2 Å². The van der Waals surface area contributed by atoms with E-state index in [-0.39, 0.29) is 18.0 Å². The lowest BCUT2D eigenvalue weighted by Crippen LogP contribution is -2.36. The zero-order valence-corrected chi connectivity index (χ0v) is 15.9. The number of hydrogen-bond donors (Lipinski definition) is 2. The molecule has 1 aliphatic rings. The highest BCUT2D eigenvalue weighted by molar-refractivity contribution is 6.02. The van der Waals surface area contributed by atoms with E-state index in [2.05, 4.69) is 15.7 Å². The second-order valence-corrected chi connectivity index (χ2v) is 6.73. The van der Waals surface area contributed by atoms with Crippen molar-refractivity contribution in [3.63, 3.8) is 0 Å². The van der Waals surface area contributed by atoms with Gasteiger partial charge in [0.2, 0.25) is 11.8 Å². The molecule has 2 heterocycles. The number of carbonyl (C=O) groups excluding carboxylic acids is 2. The Labute approximate surface area is 166 Å². The number of nitrogens with zero attached hydrogens (tertiary/aromatic N) is 2. The number of anilines is 2. The van der Waals surface area contributed by atoms with Crippen molar-refractivity contribution >= 4 is 23.3 Å². The Balaban J connectivity index is 1.70. The summed E-state index contributed by atoms with van der Waals surface area (Å²) < 4.78 is 20.6. The van der Waals surface area contributed by atoms with Gasteiger partial charge >= 0.3 is 0 Å². The Morgan fingerprint density at radius 3 is 2.66 bits per heavy atom. The van der Waals surface area contributed by atoms with Crippen molar-refractivity contribution in [3.8, 4) is 17.0 Å². The molecule has 0 spiro atoms. The molecule has 2 amide bonds. The van der Waals surface area contributed by atoms with Gasteiger partial charge in [-0.1, -0.05) is 12.1 Å². The number of rotatable bonds is 4. The van der Waals surface area contributed by atoms with E-state index < -0.39 is 17.8 Å². The number of amides is 2. The molecule has 0 fully saturated rings. The summed E-state index contributed by atoms with van der Waals surface area (Å²) in [6.45, 7) is 1.83. The summed E-state index contributed by atoms with van der Waals surface area (Å²) in [4.78, 5) is 25.1. The molecule has 29 heavy (non-hydrogen) atoms. The number of methoxy groups -OCH3 is 1. The molecule has 0 bridgehead atoms. The summed E-state index contributed by atoms with van der Waals surface area (Å²) in [5, 5.41) is 9.92. The standard InChI is InChI=1S/C21H19FN4O3/c1-12-19(13-7-9-14(29-2)10-8-13)25-26-17(11-18(27)24-20(12)26)21(28)23-16-6-4-3-5-15(16)22/h3-10,17H,11H2,1-2H3,(H,23,28)(H,24,27)/t17-/m1/s1. The van der Waals surface area contributed by atoms with Crippen LogP contribution in [-0.4, -0.2) is 28.7 Å². The first kappa shape index (κ1) is 18.7. The van der Waals surface area contributed by atoms with E-state index in [1.165, 1.54) is 22.9 Å². The number of fused-ring (bicyclic) bond motifs is 1. The predicted molar refractivity (Wildman–Crippen MR) is 106 cm³/mol. The number of halogens is 1. The Morgan fingerprint density at radius 1 is 1.24 bits per heavy atom. The van der Waals surface area contributed by atoms with E-state index in [9.17, 15) is 14.0 Å². The molecule has 148 valence electrons. The van der Waals surface area contributed by atoms with Crippen LogP contribution in [0.1, 0.15) is 18.0 Å². The second-order valence-electron chi connectivity index (χ2n) is 6.73. The van der Waals surface area contributed by atoms with Gasteiger partial charge in [0.1, 0.15) is 23.4 Å². The largest absolute Gasteiger partial charge is 0.497 e. The molecule has 0 unspecified atom stereocenters. The first-order valence-electron chi connectivity index (χ1n) is 9.06. The monoisotopic (exact) mass is 394 g/mol. The molecule has 7 nitrogen and oxygen atoms in total. The molecule has 2 N–H and O–H groups in total. The quantitative estimate of drug-likeness (QED) is 0.709. The summed E-state index contributed by atoms with van der Waals surface area (Å²) in [6.07, 6.45) is -0.0868. The van der Waals surface area contributed by atoms with Crippen LogP contribution < -0.4 is 15.4 Å². The third-order valence-electron chi connectivity index (χ3n) is 4.88. The van der Waals surface area contributed by atoms with Crippen molar-refractivity contribution in [2.75, 3.05) is 17.7 Å². The molecule has 3 aromatic rings. The Bertz CT molecular complexity index is 1090.